The highest BCUT2D eigenvalue weighted by atomic mass is 19.4. The molecule has 0 saturated heterocycles. The van der Waals surface area contributed by atoms with E-state index in [9.17, 15) is 18.0 Å². The number of hydrogen-bond acceptors (Lipinski definition) is 2. The number of alkyl halides is 3. The lowest BCUT2D eigenvalue weighted by Gasteiger charge is -2.30. The quantitative estimate of drug-likeness (QED) is 0.838. The van der Waals surface area contributed by atoms with Gasteiger partial charge in [-0.15, -0.1) is 0 Å². The highest BCUT2D eigenvalue weighted by Gasteiger charge is 2.33. The van der Waals surface area contributed by atoms with E-state index in [1.807, 2.05) is 13.0 Å². The van der Waals surface area contributed by atoms with Gasteiger partial charge in [-0.1, -0.05) is 18.2 Å². The first-order valence-corrected chi connectivity index (χ1v) is 7.25. The van der Waals surface area contributed by atoms with Gasteiger partial charge in [0, 0.05) is 29.3 Å². The molecule has 1 aliphatic heterocycles. The minimum Gasteiger partial charge on any atom is -0.362 e. The molecule has 0 bridgehead atoms. The third-order valence-electron chi connectivity index (χ3n) is 4.13. The van der Waals surface area contributed by atoms with Gasteiger partial charge in [-0.25, -0.2) is 0 Å². The third-order valence-corrected chi connectivity index (χ3v) is 4.13. The fraction of sp³-hybridized carbons (Fsp3) is 0.353. The fourth-order valence-electron chi connectivity index (χ4n) is 3.11. The van der Waals surface area contributed by atoms with Gasteiger partial charge in [0.25, 0.3) is 0 Å². The van der Waals surface area contributed by atoms with E-state index in [4.69, 9.17) is 0 Å². The number of benzene rings is 1. The number of halogens is 3. The van der Waals surface area contributed by atoms with Crippen molar-refractivity contribution in [1.29, 1.82) is 0 Å². The maximum Gasteiger partial charge on any atom is 0.416 e. The number of carbonyl (C=O) groups is 1. The second kappa shape index (κ2) is 5.30. The third kappa shape index (κ3) is 2.67. The smallest absolute Gasteiger partial charge is 0.362 e. The summed E-state index contributed by atoms with van der Waals surface area (Å²) < 4.78 is 38.0. The van der Waals surface area contributed by atoms with Crippen LogP contribution >= 0.6 is 0 Å². The molecule has 1 aliphatic carbocycles. The zero-order valence-corrected chi connectivity index (χ0v) is 12.1. The molecule has 116 valence electrons. The lowest BCUT2D eigenvalue weighted by molar-refractivity contribution is -0.137. The second-order valence-corrected chi connectivity index (χ2v) is 5.74. The Morgan fingerprint density at radius 2 is 1.82 bits per heavy atom. The number of dihydropyridines is 1. The molecule has 0 spiro atoms. The number of ketones is 1. The van der Waals surface area contributed by atoms with Crippen LogP contribution in [0.2, 0.25) is 0 Å². The number of nitrogens with one attached hydrogen (secondary N) is 1. The van der Waals surface area contributed by atoms with Gasteiger partial charge in [-0.05, 0) is 37.5 Å². The highest BCUT2D eigenvalue weighted by molar-refractivity contribution is 5.99. The standard InChI is InChI=1S/C17H16F3NO/c1-10-9-13(16-14(21-10)3-2-4-15(16)22)11-5-7-12(8-6-11)17(18,19)20/h5-9,13,21H,2-4H2,1H3. The molecular formula is C17H16F3NO. The first-order chi connectivity index (χ1) is 10.4. The van der Waals surface area contributed by atoms with E-state index in [0.29, 0.717) is 12.0 Å². The number of hydrogen-bond donors (Lipinski definition) is 1. The zero-order valence-electron chi connectivity index (χ0n) is 12.1. The summed E-state index contributed by atoms with van der Waals surface area (Å²) in [5.41, 5.74) is 2.60. The number of carbonyl (C=O) groups excluding carboxylic acids is 1. The van der Waals surface area contributed by atoms with Crippen molar-refractivity contribution in [2.75, 3.05) is 0 Å². The Morgan fingerprint density at radius 1 is 1.14 bits per heavy atom. The molecule has 1 atom stereocenters. The summed E-state index contributed by atoms with van der Waals surface area (Å²) >= 11 is 0. The van der Waals surface area contributed by atoms with E-state index in [0.717, 1.165) is 41.9 Å². The summed E-state index contributed by atoms with van der Waals surface area (Å²) in [6, 6.07) is 5.09. The van der Waals surface area contributed by atoms with Crippen molar-refractivity contribution < 1.29 is 18.0 Å². The molecule has 22 heavy (non-hydrogen) atoms. The van der Waals surface area contributed by atoms with Gasteiger partial charge in [-0.2, -0.15) is 13.2 Å². The minimum atomic E-state index is -4.34. The monoisotopic (exact) mass is 307 g/mol. The second-order valence-electron chi connectivity index (χ2n) is 5.74. The average Bonchev–Trinajstić information content (AvgIpc) is 2.45. The van der Waals surface area contributed by atoms with Gasteiger partial charge in [0.1, 0.15) is 0 Å². The molecular weight excluding hydrogens is 291 g/mol. The SMILES string of the molecule is CC1=CC(c2ccc(C(F)(F)F)cc2)C2=C(CCCC2=O)N1. The molecule has 1 N–H and O–H groups in total. The maximum atomic E-state index is 12.7. The Kier molecular flexibility index (Phi) is 3.59. The Hall–Kier alpha value is -2.04. The van der Waals surface area contributed by atoms with Gasteiger partial charge in [-0.3, -0.25) is 4.79 Å². The highest BCUT2D eigenvalue weighted by Crippen LogP contribution is 2.38. The lowest BCUT2D eigenvalue weighted by atomic mass is 9.79. The van der Waals surface area contributed by atoms with Gasteiger partial charge in [0.15, 0.2) is 5.78 Å². The number of Topliss-reactive ketones (excluding diaryl/α,β-unsaturated/α-hetero) is 1. The van der Waals surface area contributed by atoms with Gasteiger partial charge in [0.2, 0.25) is 0 Å². The Bertz CT molecular complexity index is 668. The summed E-state index contributed by atoms with van der Waals surface area (Å²) in [5.74, 6) is -0.172. The molecule has 0 saturated carbocycles. The molecule has 1 unspecified atom stereocenters. The first kappa shape index (κ1) is 14.9. The summed E-state index contributed by atoms with van der Waals surface area (Å²) in [6.07, 6.45) is -0.306. The van der Waals surface area contributed by atoms with E-state index in [2.05, 4.69) is 5.32 Å². The molecule has 2 aliphatic rings. The topological polar surface area (TPSA) is 29.1 Å². The maximum absolute atomic E-state index is 12.7. The number of rotatable bonds is 1. The van der Waals surface area contributed by atoms with Gasteiger partial charge in [0.05, 0.1) is 5.56 Å². The summed E-state index contributed by atoms with van der Waals surface area (Å²) in [7, 11) is 0. The molecule has 1 aromatic carbocycles. The molecule has 5 heteroatoms. The van der Waals surface area contributed by atoms with Crippen LogP contribution in [0.1, 0.15) is 43.2 Å². The van der Waals surface area contributed by atoms with E-state index in [1.54, 1.807) is 0 Å². The summed E-state index contributed by atoms with van der Waals surface area (Å²) in [5, 5.41) is 3.22. The first-order valence-electron chi connectivity index (χ1n) is 7.25. The van der Waals surface area contributed by atoms with E-state index < -0.39 is 11.7 Å². The van der Waals surface area contributed by atoms with Crippen LogP contribution in [0.25, 0.3) is 0 Å². The average molecular weight is 307 g/mol. The van der Waals surface area contributed by atoms with Crippen LogP contribution in [0.3, 0.4) is 0 Å². The van der Waals surface area contributed by atoms with Crippen molar-refractivity contribution in [3.8, 4) is 0 Å². The molecule has 1 aromatic rings. The van der Waals surface area contributed by atoms with Crippen LogP contribution in [0.4, 0.5) is 13.2 Å². The lowest BCUT2D eigenvalue weighted by Crippen LogP contribution is -2.28. The minimum absolute atomic E-state index is 0.0856. The normalized spacial score (nSPS) is 22.1. The van der Waals surface area contributed by atoms with Crippen molar-refractivity contribution in [3.63, 3.8) is 0 Å². The van der Waals surface area contributed by atoms with E-state index in [1.165, 1.54) is 12.1 Å². The van der Waals surface area contributed by atoms with Crippen molar-refractivity contribution in [2.24, 2.45) is 0 Å². The van der Waals surface area contributed by atoms with Crippen LogP contribution in [0, 0.1) is 0 Å². The molecule has 1 heterocycles. The van der Waals surface area contributed by atoms with Crippen molar-refractivity contribution in [1.82, 2.24) is 5.32 Å². The van der Waals surface area contributed by atoms with Crippen LogP contribution in [0.15, 0.2) is 47.3 Å². The van der Waals surface area contributed by atoms with Crippen LogP contribution in [-0.4, -0.2) is 5.78 Å². The van der Waals surface area contributed by atoms with Gasteiger partial charge < -0.3 is 5.32 Å². The Balaban J connectivity index is 2.00. The zero-order chi connectivity index (χ0) is 15.9. The molecule has 0 amide bonds. The van der Waals surface area contributed by atoms with Crippen molar-refractivity contribution >= 4 is 5.78 Å². The Labute approximate surface area is 126 Å². The van der Waals surface area contributed by atoms with Crippen LogP contribution in [-0.2, 0) is 11.0 Å². The van der Waals surface area contributed by atoms with Crippen LogP contribution in [0.5, 0.6) is 0 Å². The summed E-state index contributed by atoms with van der Waals surface area (Å²) in [4.78, 5) is 12.2. The van der Waals surface area contributed by atoms with E-state index in [-0.39, 0.29) is 11.7 Å². The molecule has 0 radical (unpaired) electrons. The van der Waals surface area contributed by atoms with E-state index >= 15 is 0 Å². The Morgan fingerprint density at radius 3 is 2.45 bits per heavy atom. The molecule has 0 aromatic heterocycles. The predicted octanol–water partition coefficient (Wildman–Crippen LogP) is 4.30. The molecule has 3 rings (SSSR count). The fourth-order valence-corrected chi connectivity index (χ4v) is 3.11. The predicted molar refractivity (Wildman–Crippen MR) is 77.0 cm³/mol. The largest absolute Gasteiger partial charge is 0.416 e. The number of allylic oxidation sites excluding steroid dienone is 4. The summed E-state index contributed by atoms with van der Waals surface area (Å²) in [6.45, 7) is 1.90. The van der Waals surface area contributed by atoms with Crippen molar-refractivity contribution in [3.05, 3.63) is 58.4 Å². The molecule has 2 nitrogen and oxygen atoms in total. The van der Waals surface area contributed by atoms with Crippen LogP contribution < -0.4 is 5.32 Å². The van der Waals surface area contributed by atoms with Crippen molar-refractivity contribution in [2.45, 2.75) is 38.3 Å². The van der Waals surface area contributed by atoms with Gasteiger partial charge >= 0.3 is 6.18 Å². The molecule has 0 fully saturated rings.